The van der Waals surface area contributed by atoms with Crippen molar-refractivity contribution in [2.45, 2.75) is 60.4 Å². The summed E-state index contributed by atoms with van der Waals surface area (Å²) in [7, 11) is 0. The third-order valence-electron chi connectivity index (χ3n) is 3.11. The van der Waals surface area contributed by atoms with Crippen LogP contribution in [0.1, 0.15) is 52.2 Å². The number of rotatable bonds is 3. The molecule has 122 valence electrons. The Balaban J connectivity index is 2.71. The van der Waals surface area contributed by atoms with E-state index in [1.165, 1.54) is 0 Å². The zero-order valence-electron chi connectivity index (χ0n) is 14.8. The van der Waals surface area contributed by atoms with Crippen LogP contribution in [0.4, 0.5) is 5.69 Å². The molecule has 22 heavy (non-hydrogen) atoms. The highest BCUT2D eigenvalue weighted by Gasteiger charge is 2.29. The first kappa shape index (κ1) is 18.2. The van der Waals surface area contributed by atoms with Crippen molar-refractivity contribution < 1.29 is 9.59 Å². The number of hydrogen-bond acceptors (Lipinski definition) is 2. The molecule has 1 rings (SSSR count). The predicted molar refractivity (Wildman–Crippen MR) is 90.8 cm³/mol. The Labute approximate surface area is 133 Å². The first-order chi connectivity index (χ1) is 9.88. The van der Waals surface area contributed by atoms with Crippen LogP contribution in [-0.2, 0) is 9.59 Å². The fourth-order valence-corrected chi connectivity index (χ4v) is 2.97. The van der Waals surface area contributed by atoms with E-state index in [1.807, 2.05) is 45.9 Å². The van der Waals surface area contributed by atoms with Crippen LogP contribution in [0.5, 0.6) is 0 Å². The average Bonchev–Trinajstić information content (AvgIpc) is 2.22. The number of aryl methyl sites for hydroxylation is 2. The zero-order valence-corrected chi connectivity index (χ0v) is 14.8. The van der Waals surface area contributed by atoms with Gasteiger partial charge in [-0.05, 0) is 62.8 Å². The van der Waals surface area contributed by atoms with E-state index in [0.717, 1.165) is 17.5 Å². The Bertz CT molecular complexity index is 549. The third kappa shape index (κ3) is 6.29. The van der Waals surface area contributed by atoms with Gasteiger partial charge >= 0.3 is 11.8 Å². The number of benzene rings is 1. The summed E-state index contributed by atoms with van der Waals surface area (Å²) in [6.07, 6.45) is 0.780. The minimum Gasteiger partial charge on any atom is -0.343 e. The van der Waals surface area contributed by atoms with Crippen molar-refractivity contribution in [3.63, 3.8) is 0 Å². The maximum atomic E-state index is 12.1. The lowest BCUT2D eigenvalue weighted by Gasteiger charge is -2.33. The number of hydrogen-bond donors (Lipinski definition) is 2. The van der Waals surface area contributed by atoms with Crippen molar-refractivity contribution >= 4 is 17.5 Å². The molecule has 0 aliphatic carbocycles. The Morgan fingerprint density at radius 3 is 1.86 bits per heavy atom. The minimum atomic E-state index is -0.632. The molecule has 0 saturated carbocycles. The second kappa shape index (κ2) is 6.51. The standard InChI is InChI=1S/C18H28N2O2/c1-12-8-13(2)10-14(9-12)19-15(21)16(22)20-18(6,7)11-17(3,4)5/h8-10H,11H2,1-7H3,(H,19,21)(H,20,22). The second-order valence-electron chi connectivity index (χ2n) is 7.91. The fraction of sp³-hybridized carbons (Fsp3) is 0.556. The first-order valence-electron chi connectivity index (χ1n) is 7.60. The van der Waals surface area contributed by atoms with E-state index in [4.69, 9.17) is 0 Å². The van der Waals surface area contributed by atoms with Gasteiger partial charge in [0.05, 0.1) is 0 Å². The molecule has 0 unspecified atom stereocenters. The highest BCUT2D eigenvalue weighted by atomic mass is 16.2. The van der Waals surface area contributed by atoms with E-state index in [9.17, 15) is 9.59 Å². The number of carbonyl (C=O) groups excluding carboxylic acids is 2. The molecule has 2 amide bonds. The lowest BCUT2D eigenvalue weighted by atomic mass is 9.82. The van der Waals surface area contributed by atoms with Gasteiger partial charge in [-0.15, -0.1) is 0 Å². The normalized spacial score (nSPS) is 12.0. The van der Waals surface area contributed by atoms with Crippen molar-refractivity contribution in [3.8, 4) is 0 Å². The van der Waals surface area contributed by atoms with Crippen molar-refractivity contribution in [2.75, 3.05) is 5.32 Å². The van der Waals surface area contributed by atoms with E-state index in [-0.39, 0.29) is 5.41 Å². The molecule has 2 N–H and O–H groups in total. The molecule has 0 bridgehead atoms. The predicted octanol–water partition coefficient (Wildman–Crippen LogP) is 3.57. The van der Waals surface area contributed by atoms with Gasteiger partial charge in [0, 0.05) is 11.2 Å². The monoisotopic (exact) mass is 304 g/mol. The molecule has 1 aromatic rings. The summed E-state index contributed by atoms with van der Waals surface area (Å²) < 4.78 is 0. The van der Waals surface area contributed by atoms with Crippen LogP contribution in [0.15, 0.2) is 18.2 Å². The highest BCUT2D eigenvalue weighted by molar-refractivity contribution is 6.39. The van der Waals surface area contributed by atoms with Crippen LogP contribution in [0.2, 0.25) is 0 Å². The van der Waals surface area contributed by atoms with Gasteiger partial charge in [0.1, 0.15) is 0 Å². The van der Waals surface area contributed by atoms with Crippen molar-refractivity contribution in [3.05, 3.63) is 29.3 Å². The molecule has 0 aromatic heterocycles. The number of nitrogens with one attached hydrogen (secondary N) is 2. The van der Waals surface area contributed by atoms with Gasteiger partial charge in [-0.3, -0.25) is 9.59 Å². The van der Waals surface area contributed by atoms with Crippen LogP contribution < -0.4 is 10.6 Å². The van der Waals surface area contributed by atoms with Gasteiger partial charge in [0.15, 0.2) is 0 Å². The first-order valence-corrected chi connectivity index (χ1v) is 7.60. The van der Waals surface area contributed by atoms with Gasteiger partial charge in [-0.25, -0.2) is 0 Å². The topological polar surface area (TPSA) is 58.2 Å². The number of anilines is 1. The maximum absolute atomic E-state index is 12.1. The highest BCUT2D eigenvalue weighted by Crippen LogP contribution is 2.26. The molecular weight excluding hydrogens is 276 g/mol. The Morgan fingerprint density at radius 1 is 0.909 bits per heavy atom. The quantitative estimate of drug-likeness (QED) is 0.839. The van der Waals surface area contributed by atoms with Crippen LogP contribution in [0.3, 0.4) is 0 Å². The van der Waals surface area contributed by atoms with Crippen LogP contribution in [0.25, 0.3) is 0 Å². The summed E-state index contributed by atoms with van der Waals surface area (Å²) in [6.45, 7) is 14.1. The molecule has 0 aliphatic heterocycles. The summed E-state index contributed by atoms with van der Waals surface area (Å²) in [5.41, 5.74) is 2.37. The number of amides is 2. The molecule has 0 spiro atoms. The summed E-state index contributed by atoms with van der Waals surface area (Å²) >= 11 is 0. The van der Waals surface area contributed by atoms with E-state index in [0.29, 0.717) is 5.69 Å². The van der Waals surface area contributed by atoms with Gasteiger partial charge in [0.25, 0.3) is 0 Å². The summed E-state index contributed by atoms with van der Waals surface area (Å²) in [6, 6.07) is 5.71. The van der Waals surface area contributed by atoms with Crippen LogP contribution in [0, 0.1) is 19.3 Å². The van der Waals surface area contributed by atoms with Crippen LogP contribution in [-0.4, -0.2) is 17.4 Å². The molecule has 4 nitrogen and oxygen atoms in total. The van der Waals surface area contributed by atoms with Gasteiger partial charge in [-0.2, -0.15) is 0 Å². The summed E-state index contributed by atoms with van der Waals surface area (Å²) in [5.74, 6) is -1.24. The van der Waals surface area contributed by atoms with Crippen molar-refractivity contribution in [1.29, 1.82) is 0 Å². The lowest BCUT2D eigenvalue weighted by Crippen LogP contribution is -2.49. The summed E-state index contributed by atoms with van der Waals surface area (Å²) in [5, 5.41) is 5.47. The molecule has 1 aromatic carbocycles. The molecule has 0 atom stereocenters. The van der Waals surface area contributed by atoms with Gasteiger partial charge in [-0.1, -0.05) is 26.8 Å². The largest absolute Gasteiger partial charge is 0.343 e. The van der Waals surface area contributed by atoms with E-state index >= 15 is 0 Å². The zero-order chi connectivity index (χ0) is 17.1. The lowest BCUT2D eigenvalue weighted by molar-refractivity contribution is -0.137. The van der Waals surface area contributed by atoms with Gasteiger partial charge < -0.3 is 10.6 Å². The van der Waals surface area contributed by atoms with E-state index in [1.54, 1.807) is 0 Å². The summed E-state index contributed by atoms with van der Waals surface area (Å²) in [4.78, 5) is 24.2. The van der Waals surface area contributed by atoms with E-state index in [2.05, 4.69) is 31.4 Å². The molecule has 4 heteroatoms. The Hall–Kier alpha value is -1.84. The average molecular weight is 304 g/mol. The van der Waals surface area contributed by atoms with E-state index < -0.39 is 17.4 Å². The maximum Gasteiger partial charge on any atom is 0.313 e. The molecule has 0 aliphatic rings. The minimum absolute atomic E-state index is 0.0703. The molecule has 0 radical (unpaired) electrons. The fourth-order valence-electron chi connectivity index (χ4n) is 2.97. The molecule has 0 fully saturated rings. The van der Waals surface area contributed by atoms with Crippen molar-refractivity contribution in [1.82, 2.24) is 5.32 Å². The Kier molecular flexibility index (Phi) is 5.39. The third-order valence-corrected chi connectivity index (χ3v) is 3.11. The molecular formula is C18H28N2O2. The molecule has 0 heterocycles. The Morgan fingerprint density at radius 2 is 1.41 bits per heavy atom. The van der Waals surface area contributed by atoms with Crippen LogP contribution >= 0.6 is 0 Å². The smallest absolute Gasteiger partial charge is 0.313 e. The molecule has 0 saturated heterocycles. The second-order valence-corrected chi connectivity index (χ2v) is 7.91. The van der Waals surface area contributed by atoms with Gasteiger partial charge in [0.2, 0.25) is 0 Å². The number of carbonyl (C=O) groups is 2. The SMILES string of the molecule is Cc1cc(C)cc(NC(=O)C(=O)NC(C)(C)CC(C)(C)C)c1. The van der Waals surface area contributed by atoms with Crippen molar-refractivity contribution in [2.24, 2.45) is 5.41 Å².